The van der Waals surface area contributed by atoms with Crippen molar-refractivity contribution in [2.45, 2.75) is 32.3 Å². The SMILES string of the molecule is CC(C)c1ccc(OCCc2cc(C3CN(c4ncccn4)CCO3)n[nH]2)cc1. The van der Waals surface area contributed by atoms with Gasteiger partial charge in [0.1, 0.15) is 11.9 Å². The van der Waals surface area contributed by atoms with Gasteiger partial charge in [-0.15, -0.1) is 0 Å². The predicted octanol–water partition coefficient (Wildman–Crippen LogP) is 3.52. The molecule has 29 heavy (non-hydrogen) atoms. The van der Waals surface area contributed by atoms with Crippen LogP contribution in [0.15, 0.2) is 48.8 Å². The topological polar surface area (TPSA) is 76.2 Å². The molecule has 7 heteroatoms. The van der Waals surface area contributed by atoms with E-state index in [-0.39, 0.29) is 6.10 Å². The molecule has 1 aliphatic heterocycles. The number of hydrogen-bond acceptors (Lipinski definition) is 6. The monoisotopic (exact) mass is 393 g/mol. The van der Waals surface area contributed by atoms with Crippen LogP contribution in [0.2, 0.25) is 0 Å². The molecule has 3 heterocycles. The Morgan fingerprint density at radius 2 is 2.00 bits per heavy atom. The van der Waals surface area contributed by atoms with Gasteiger partial charge in [0, 0.05) is 31.1 Å². The van der Waals surface area contributed by atoms with Gasteiger partial charge >= 0.3 is 0 Å². The Hall–Kier alpha value is -2.93. The fourth-order valence-corrected chi connectivity index (χ4v) is 3.36. The van der Waals surface area contributed by atoms with Gasteiger partial charge < -0.3 is 14.4 Å². The third-order valence-corrected chi connectivity index (χ3v) is 5.07. The molecular weight excluding hydrogens is 366 g/mol. The van der Waals surface area contributed by atoms with E-state index in [4.69, 9.17) is 9.47 Å². The van der Waals surface area contributed by atoms with E-state index in [0.29, 0.717) is 25.7 Å². The molecule has 0 bridgehead atoms. The largest absolute Gasteiger partial charge is 0.493 e. The first-order valence-corrected chi connectivity index (χ1v) is 10.1. The van der Waals surface area contributed by atoms with E-state index in [0.717, 1.165) is 36.1 Å². The number of aromatic amines is 1. The van der Waals surface area contributed by atoms with E-state index in [1.54, 1.807) is 12.4 Å². The van der Waals surface area contributed by atoms with Crippen LogP contribution in [0.25, 0.3) is 0 Å². The molecule has 1 fully saturated rings. The maximum atomic E-state index is 5.92. The Labute approximate surface area is 171 Å². The minimum atomic E-state index is -0.0953. The summed E-state index contributed by atoms with van der Waals surface area (Å²) in [6.07, 6.45) is 4.19. The van der Waals surface area contributed by atoms with Gasteiger partial charge in [0.25, 0.3) is 0 Å². The van der Waals surface area contributed by atoms with E-state index in [1.165, 1.54) is 5.56 Å². The van der Waals surface area contributed by atoms with E-state index in [9.17, 15) is 0 Å². The minimum absolute atomic E-state index is 0.0953. The highest BCUT2D eigenvalue weighted by atomic mass is 16.5. The summed E-state index contributed by atoms with van der Waals surface area (Å²) in [5.74, 6) is 2.15. The summed E-state index contributed by atoms with van der Waals surface area (Å²) in [5.41, 5.74) is 3.26. The Bertz CT molecular complexity index is 895. The Balaban J connectivity index is 1.30. The second-order valence-corrected chi connectivity index (χ2v) is 7.49. The van der Waals surface area contributed by atoms with Crippen LogP contribution in [-0.4, -0.2) is 46.5 Å². The molecule has 0 radical (unpaired) electrons. The lowest BCUT2D eigenvalue weighted by Crippen LogP contribution is -2.39. The highest BCUT2D eigenvalue weighted by Gasteiger charge is 2.25. The molecule has 1 unspecified atom stereocenters. The van der Waals surface area contributed by atoms with E-state index in [1.807, 2.05) is 18.2 Å². The average Bonchev–Trinajstić information content (AvgIpc) is 3.24. The second-order valence-electron chi connectivity index (χ2n) is 7.49. The zero-order valence-electron chi connectivity index (χ0n) is 16.9. The van der Waals surface area contributed by atoms with Crippen LogP contribution >= 0.6 is 0 Å². The number of nitrogens with one attached hydrogen (secondary N) is 1. The lowest BCUT2D eigenvalue weighted by molar-refractivity contribution is 0.0364. The van der Waals surface area contributed by atoms with Gasteiger partial charge in [-0.05, 0) is 35.7 Å². The van der Waals surface area contributed by atoms with Gasteiger partial charge in [-0.1, -0.05) is 26.0 Å². The third kappa shape index (κ3) is 4.92. The van der Waals surface area contributed by atoms with Crippen molar-refractivity contribution in [2.24, 2.45) is 0 Å². The van der Waals surface area contributed by atoms with Crippen LogP contribution in [0.4, 0.5) is 5.95 Å². The third-order valence-electron chi connectivity index (χ3n) is 5.07. The van der Waals surface area contributed by atoms with Crippen molar-refractivity contribution in [2.75, 3.05) is 31.2 Å². The van der Waals surface area contributed by atoms with E-state index >= 15 is 0 Å². The molecule has 7 nitrogen and oxygen atoms in total. The second kappa shape index (κ2) is 9.05. The average molecular weight is 393 g/mol. The number of ether oxygens (including phenoxy) is 2. The zero-order chi connectivity index (χ0) is 20.1. The van der Waals surface area contributed by atoms with Crippen molar-refractivity contribution in [3.8, 4) is 5.75 Å². The fraction of sp³-hybridized carbons (Fsp3) is 0.409. The molecule has 152 valence electrons. The molecule has 2 aromatic heterocycles. The summed E-state index contributed by atoms with van der Waals surface area (Å²) in [6.45, 7) is 7.06. The molecule has 1 saturated heterocycles. The van der Waals surface area contributed by atoms with Crippen LogP contribution in [0, 0.1) is 0 Å². The molecule has 0 amide bonds. The molecule has 3 aromatic rings. The van der Waals surface area contributed by atoms with Crippen LogP contribution < -0.4 is 9.64 Å². The first-order valence-electron chi connectivity index (χ1n) is 10.1. The van der Waals surface area contributed by atoms with E-state index < -0.39 is 0 Å². The van der Waals surface area contributed by atoms with Crippen molar-refractivity contribution in [1.29, 1.82) is 0 Å². The highest BCUT2D eigenvalue weighted by molar-refractivity contribution is 5.31. The van der Waals surface area contributed by atoms with Crippen LogP contribution in [-0.2, 0) is 11.2 Å². The molecular formula is C22H27N5O2. The van der Waals surface area contributed by atoms with Crippen LogP contribution in [0.5, 0.6) is 5.75 Å². The van der Waals surface area contributed by atoms with E-state index in [2.05, 4.69) is 57.1 Å². The summed E-state index contributed by atoms with van der Waals surface area (Å²) in [6, 6.07) is 12.2. The number of morpholine rings is 1. The van der Waals surface area contributed by atoms with Gasteiger partial charge in [-0.2, -0.15) is 5.10 Å². The number of rotatable bonds is 7. The van der Waals surface area contributed by atoms with Crippen LogP contribution in [0.1, 0.15) is 42.8 Å². The summed E-state index contributed by atoms with van der Waals surface area (Å²) in [7, 11) is 0. The summed E-state index contributed by atoms with van der Waals surface area (Å²) >= 11 is 0. The Kier molecular flexibility index (Phi) is 6.05. The highest BCUT2D eigenvalue weighted by Crippen LogP contribution is 2.23. The van der Waals surface area contributed by atoms with Gasteiger partial charge in [0.15, 0.2) is 0 Å². The van der Waals surface area contributed by atoms with Gasteiger partial charge in [-0.3, -0.25) is 5.10 Å². The number of anilines is 1. The van der Waals surface area contributed by atoms with Crippen LogP contribution in [0.3, 0.4) is 0 Å². The molecule has 1 atom stereocenters. The number of nitrogens with zero attached hydrogens (tertiary/aromatic N) is 4. The lowest BCUT2D eigenvalue weighted by Gasteiger charge is -2.31. The molecule has 1 N–H and O–H groups in total. The number of hydrogen-bond donors (Lipinski definition) is 1. The quantitative estimate of drug-likeness (QED) is 0.662. The predicted molar refractivity (Wildman–Crippen MR) is 111 cm³/mol. The molecule has 1 aromatic carbocycles. The summed E-state index contributed by atoms with van der Waals surface area (Å²) < 4.78 is 11.8. The standard InChI is InChI=1S/C22H27N5O2/c1-16(2)17-4-6-19(7-5-17)28-12-8-18-14-20(26-25-18)21-15-27(11-13-29-21)22-23-9-3-10-24-22/h3-7,9-10,14,16,21H,8,11-13,15H2,1-2H3,(H,25,26). The molecule has 0 spiro atoms. The molecule has 0 saturated carbocycles. The fourth-order valence-electron chi connectivity index (χ4n) is 3.36. The van der Waals surface area contributed by atoms with Gasteiger partial charge in [0.2, 0.25) is 5.95 Å². The molecule has 0 aliphatic carbocycles. The maximum Gasteiger partial charge on any atom is 0.225 e. The number of benzene rings is 1. The first-order chi connectivity index (χ1) is 14.2. The summed E-state index contributed by atoms with van der Waals surface area (Å²) in [5, 5.41) is 7.56. The maximum absolute atomic E-state index is 5.92. The molecule has 4 rings (SSSR count). The van der Waals surface area contributed by atoms with Crippen molar-refractivity contribution in [3.63, 3.8) is 0 Å². The zero-order valence-corrected chi connectivity index (χ0v) is 16.9. The van der Waals surface area contributed by atoms with Crippen molar-refractivity contribution >= 4 is 5.95 Å². The number of aromatic nitrogens is 4. The number of H-pyrrole nitrogens is 1. The molecule has 1 aliphatic rings. The minimum Gasteiger partial charge on any atom is -0.493 e. The first kappa shape index (κ1) is 19.4. The van der Waals surface area contributed by atoms with Crippen molar-refractivity contribution in [1.82, 2.24) is 20.2 Å². The van der Waals surface area contributed by atoms with Gasteiger partial charge in [0.05, 0.1) is 25.5 Å². The summed E-state index contributed by atoms with van der Waals surface area (Å²) in [4.78, 5) is 10.8. The normalized spacial score (nSPS) is 16.9. The lowest BCUT2D eigenvalue weighted by atomic mass is 10.0. The van der Waals surface area contributed by atoms with Crippen molar-refractivity contribution in [3.05, 3.63) is 65.7 Å². The smallest absolute Gasteiger partial charge is 0.225 e. The van der Waals surface area contributed by atoms with Crippen molar-refractivity contribution < 1.29 is 9.47 Å². The Morgan fingerprint density at radius 3 is 2.76 bits per heavy atom. The van der Waals surface area contributed by atoms with Gasteiger partial charge in [-0.25, -0.2) is 9.97 Å². The Morgan fingerprint density at radius 1 is 1.21 bits per heavy atom.